The number of nitrogens with two attached hydrogens (primary N) is 1. The SMILES string of the molecule is CC(C)C1=NN(Cc2cccc(F)c2)C(=O)C1CCN. The smallest absolute Gasteiger partial charge is 0.251 e. The van der Waals surface area contributed by atoms with Gasteiger partial charge in [0.1, 0.15) is 5.82 Å². The predicted molar refractivity (Wildman–Crippen MR) is 76.4 cm³/mol. The molecule has 108 valence electrons. The molecule has 1 aromatic rings. The Morgan fingerprint density at radius 3 is 2.80 bits per heavy atom. The first-order valence-electron chi connectivity index (χ1n) is 6.87. The summed E-state index contributed by atoms with van der Waals surface area (Å²) in [5.41, 5.74) is 7.18. The zero-order valence-corrected chi connectivity index (χ0v) is 11.8. The number of benzene rings is 1. The standard InChI is InChI=1S/C15H20FN3O/c1-10(2)14-13(6-7-17)15(20)19(18-14)9-11-4-3-5-12(16)8-11/h3-5,8,10,13H,6-7,9,17H2,1-2H3. The Labute approximate surface area is 118 Å². The van der Waals surface area contributed by atoms with Crippen LogP contribution in [0.15, 0.2) is 29.4 Å². The molecule has 0 saturated heterocycles. The summed E-state index contributed by atoms with van der Waals surface area (Å²) in [7, 11) is 0. The molecule has 1 heterocycles. The van der Waals surface area contributed by atoms with Gasteiger partial charge in [0.05, 0.1) is 18.2 Å². The van der Waals surface area contributed by atoms with Crippen LogP contribution in [0.3, 0.4) is 0 Å². The largest absolute Gasteiger partial charge is 0.330 e. The van der Waals surface area contributed by atoms with Crippen LogP contribution in [0.1, 0.15) is 25.8 Å². The highest BCUT2D eigenvalue weighted by atomic mass is 19.1. The van der Waals surface area contributed by atoms with Gasteiger partial charge in [-0.05, 0) is 36.6 Å². The van der Waals surface area contributed by atoms with Crippen LogP contribution < -0.4 is 5.73 Å². The predicted octanol–water partition coefficient (Wildman–Crippen LogP) is 2.14. The first kappa shape index (κ1) is 14.7. The lowest BCUT2D eigenvalue weighted by molar-refractivity contribution is -0.132. The molecule has 1 amide bonds. The summed E-state index contributed by atoms with van der Waals surface area (Å²) in [6.45, 7) is 4.78. The van der Waals surface area contributed by atoms with Crippen LogP contribution in [0.2, 0.25) is 0 Å². The minimum Gasteiger partial charge on any atom is -0.330 e. The molecule has 1 aliphatic rings. The van der Waals surface area contributed by atoms with Gasteiger partial charge in [-0.15, -0.1) is 0 Å². The van der Waals surface area contributed by atoms with E-state index in [4.69, 9.17) is 5.73 Å². The number of hydrogen-bond donors (Lipinski definition) is 1. The second-order valence-electron chi connectivity index (χ2n) is 5.34. The third-order valence-electron chi connectivity index (χ3n) is 3.41. The lowest BCUT2D eigenvalue weighted by atomic mass is 9.92. The van der Waals surface area contributed by atoms with E-state index < -0.39 is 0 Å². The number of carbonyl (C=O) groups excluding carboxylic acids is 1. The van der Waals surface area contributed by atoms with Crippen molar-refractivity contribution in [2.45, 2.75) is 26.8 Å². The van der Waals surface area contributed by atoms with Crippen molar-refractivity contribution >= 4 is 11.6 Å². The van der Waals surface area contributed by atoms with Crippen LogP contribution in [0.5, 0.6) is 0 Å². The van der Waals surface area contributed by atoms with Gasteiger partial charge in [-0.2, -0.15) is 5.10 Å². The number of nitrogens with zero attached hydrogens (tertiary/aromatic N) is 2. The summed E-state index contributed by atoms with van der Waals surface area (Å²) in [4.78, 5) is 12.4. The fraction of sp³-hybridized carbons (Fsp3) is 0.467. The molecule has 0 fully saturated rings. The summed E-state index contributed by atoms with van der Waals surface area (Å²) < 4.78 is 13.2. The first-order chi connectivity index (χ1) is 9.52. The summed E-state index contributed by atoms with van der Waals surface area (Å²) >= 11 is 0. The van der Waals surface area contributed by atoms with Gasteiger partial charge in [0, 0.05) is 0 Å². The molecular formula is C15H20FN3O. The summed E-state index contributed by atoms with van der Waals surface area (Å²) in [5, 5.41) is 5.85. The third-order valence-corrected chi connectivity index (χ3v) is 3.41. The molecule has 0 bridgehead atoms. The molecule has 1 atom stereocenters. The highest BCUT2D eigenvalue weighted by molar-refractivity contribution is 6.08. The quantitative estimate of drug-likeness (QED) is 0.896. The van der Waals surface area contributed by atoms with Crippen molar-refractivity contribution in [1.29, 1.82) is 0 Å². The minimum absolute atomic E-state index is 0.0385. The van der Waals surface area contributed by atoms with Gasteiger partial charge in [-0.1, -0.05) is 26.0 Å². The zero-order valence-electron chi connectivity index (χ0n) is 11.8. The summed E-state index contributed by atoms with van der Waals surface area (Å²) in [5.74, 6) is -0.370. The molecule has 20 heavy (non-hydrogen) atoms. The van der Waals surface area contributed by atoms with E-state index in [0.29, 0.717) is 19.5 Å². The van der Waals surface area contributed by atoms with Crippen molar-refractivity contribution in [2.24, 2.45) is 22.7 Å². The Kier molecular flexibility index (Phi) is 4.49. The van der Waals surface area contributed by atoms with Gasteiger partial charge in [-0.3, -0.25) is 4.79 Å². The van der Waals surface area contributed by atoms with Crippen LogP contribution in [-0.2, 0) is 11.3 Å². The molecule has 0 aromatic heterocycles. The highest BCUT2D eigenvalue weighted by Crippen LogP contribution is 2.25. The van der Waals surface area contributed by atoms with Crippen LogP contribution >= 0.6 is 0 Å². The number of hydrogen-bond acceptors (Lipinski definition) is 3. The Morgan fingerprint density at radius 2 is 2.20 bits per heavy atom. The minimum atomic E-state index is -0.305. The van der Waals surface area contributed by atoms with Crippen molar-refractivity contribution in [3.8, 4) is 0 Å². The average molecular weight is 277 g/mol. The van der Waals surface area contributed by atoms with Crippen LogP contribution in [0, 0.1) is 17.7 Å². The second kappa shape index (κ2) is 6.13. The van der Waals surface area contributed by atoms with E-state index >= 15 is 0 Å². The van der Waals surface area contributed by atoms with Crippen molar-refractivity contribution in [3.63, 3.8) is 0 Å². The van der Waals surface area contributed by atoms with E-state index in [-0.39, 0.29) is 23.6 Å². The molecular weight excluding hydrogens is 257 g/mol. The highest BCUT2D eigenvalue weighted by Gasteiger charge is 2.36. The topological polar surface area (TPSA) is 58.7 Å². The molecule has 0 saturated carbocycles. The van der Waals surface area contributed by atoms with Gasteiger partial charge in [0.25, 0.3) is 5.91 Å². The molecule has 0 radical (unpaired) electrons. The molecule has 2 N–H and O–H groups in total. The molecule has 0 aliphatic carbocycles. The normalized spacial score (nSPS) is 18.9. The van der Waals surface area contributed by atoms with Crippen molar-refractivity contribution < 1.29 is 9.18 Å². The Hall–Kier alpha value is -1.75. The van der Waals surface area contributed by atoms with Gasteiger partial charge in [-0.25, -0.2) is 9.40 Å². The van der Waals surface area contributed by atoms with E-state index in [1.807, 2.05) is 13.8 Å². The van der Waals surface area contributed by atoms with E-state index in [2.05, 4.69) is 5.10 Å². The Balaban J connectivity index is 2.18. The molecule has 2 rings (SSSR count). The van der Waals surface area contributed by atoms with Crippen LogP contribution in [0.4, 0.5) is 4.39 Å². The number of amides is 1. The lowest BCUT2D eigenvalue weighted by Gasteiger charge is -2.14. The van der Waals surface area contributed by atoms with Crippen LogP contribution in [-0.4, -0.2) is 23.2 Å². The lowest BCUT2D eigenvalue weighted by Crippen LogP contribution is -2.30. The molecule has 0 spiro atoms. The molecule has 1 aliphatic heterocycles. The maximum Gasteiger partial charge on any atom is 0.251 e. The summed E-state index contributed by atoms with van der Waals surface area (Å²) in [6.07, 6.45) is 0.607. The fourth-order valence-electron chi connectivity index (χ4n) is 2.44. The number of halogens is 1. The molecule has 1 aromatic carbocycles. The van der Waals surface area contributed by atoms with Gasteiger partial charge >= 0.3 is 0 Å². The molecule has 4 nitrogen and oxygen atoms in total. The maximum atomic E-state index is 13.2. The molecule has 5 heteroatoms. The second-order valence-corrected chi connectivity index (χ2v) is 5.34. The van der Waals surface area contributed by atoms with E-state index in [0.717, 1.165) is 11.3 Å². The average Bonchev–Trinajstić information content (AvgIpc) is 2.69. The van der Waals surface area contributed by atoms with E-state index in [9.17, 15) is 9.18 Å². The first-order valence-corrected chi connectivity index (χ1v) is 6.87. The van der Waals surface area contributed by atoms with Crippen molar-refractivity contribution in [3.05, 3.63) is 35.6 Å². The maximum absolute atomic E-state index is 13.2. The zero-order chi connectivity index (χ0) is 14.7. The Bertz CT molecular complexity index is 528. The molecule has 1 unspecified atom stereocenters. The van der Waals surface area contributed by atoms with Gasteiger partial charge in [0.2, 0.25) is 0 Å². The van der Waals surface area contributed by atoms with Gasteiger partial charge < -0.3 is 5.73 Å². The van der Waals surface area contributed by atoms with Crippen molar-refractivity contribution in [1.82, 2.24) is 5.01 Å². The van der Waals surface area contributed by atoms with Gasteiger partial charge in [0.15, 0.2) is 0 Å². The summed E-state index contributed by atoms with van der Waals surface area (Å²) in [6, 6.07) is 6.23. The number of carbonyl (C=O) groups is 1. The third kappa shape index (κ3) is 3.04. The van der Waals surface area contributed by atoms with Crippen LogP contribution in [0.25, 0.3) is 0 Å². The fourth-order valence-corrected chi connectivity index (χ4v) is 2.44. The number of hydrazone groups is 1. The monoisotopic (exact) mass is 277 g/mol. The Morgan fingerprint density at radius 1 is 1.45 bits per heavy atom. The van der Waals surface area contributed by atoms with E-state index in [1.165, 1.54) is 17.1 Å². The van der Waals surface area contributed by atoms with E-state index in [1.54, 1.807) is 12.1 Å². The number of rotatable bonds is 5. The van der Waals surface area contributed by atoms with Crippen molar-refractivity contribution in [2.75, 3.05) is 6.54 Å².